The summed E-state index contributed by atoms with van der Waals surface area (Å²) in [6.45, 7) is 4.30. The van der Waals surface area contributed by atoms with Crippen LogP contribution in [0.2, 0.25) is 0 Å². The largest absolute Gasteiger partial charge is 0.372 e. The van der Waals surface area contributed by atoms with E-state index in [0.717, 1.165) is 11.4 Å². The molecule has 0 radical (unpaired) electrons. The molecule has 0 saturated carbocycles. The average molecular weight is 213 g/mol. The zero-order valence-corrected chi connectivity index (χ0v) is 10.2. The predicted octanol–water partition coefficient (Wildman–Crippen LogP) is 2.80. The molecule has 1 nitrogen and oxygen atoms in total. The van der Waals surface area contributed by atoms with Crippen molar-refractivity contribution in [3.63, 3.8) is 0 Å². The Bertz CT molecular complexity index is 313. The molecule has 1 aromatic rings. The van der Waals surface area contributed by atoms with Gasteiger partial charge in [0, 0.05) is 30.3 Å². The molecule has 13 heavy (non-hydrogen) atoms. The van der Waals surface area contributed by atoms with Crippen LogP contribution in [-0.4, -0.2) is 24.0 Å². The highest BCUT2D eigenvalue weighted by molar-refractivity contribution is 7.80. The zero-order valence-electron chi connectivity index (χ0n) is 8.55. The number of hydrogen-bond acceptors (Lipinski definition) is 2. The molecule has 3 heteroatoms. The predicted molar refractivity (Wildman–Crippen MR) is 63.8 cm³/mol. The number of hydrogen-bond donors (Lipinski definition) is 0. The molecule has 72 valence electrons. The Morgan fingerprint density at radius 1 is 1.46 bits per heavy atom. The summed E-state index contributed by atoms with van der Waals surface area (Å²) in [6.07, 6.45) is 0.901. The van der Waals surface area contributed by atoms with E-state index >= 15 is 0 Å². The van der Waals surface area contributed by atoms with Gasteiger partial charge in [0.2, 0.25) is 0 Å². The number of likely N-dealkylation sites (N-methyl/N-ethyl adjacent to an activating group) is 1. The lowest BCUT2D eigenvalue weighted by atomic mass is 10.2. The van der Waals surface area contributed by atoms with Crippen molar-refractivity contribution in [2.75, 3.05) is 14.1 Å². The zero-order chi connectivity index (χ0) is 10.0. The Balaban J connectivity index is 2.74. The maximum Gasteiger partial charge on any atom is 0.0818 e. The van der Waals surface area contributed by atoms with Crippen molar-refractivity contribution in [2.24, 2.45) is 0 Å². The highest BCUT2D eigenvalue weighted by atomic mass is 32.1. The Labute approximate surface area is 89.4 Å². The number of aryl methyl sites for hydroxylation is 2. The molecule has 0 spiro atoms. The van der Waals surface area contributed by atoms with Gasteiger partial charge >= 0.3 is 0 Å². The van der Waals surface area contributed by atoms with Gasteiger partial charge in [0.25, 0.3) is 0 Å². The topological polar surface area (TPSA) is 3.24 Å². The highest BCUT2D eigenvalue weighted by Gasteiger charge is 2.06. The molecule has 1 rings (SSSR count). The molecule has 0 bridgehead atoms. The number of thiophene rings is 1. The molecule has 0 unspecified atom stereocenters. The number of rotatable bonds is 2. The van der Waals surface area contributed by atoms with E-state index in [4.69, 9.17) is 12.2 Å². The van der Waals surface area contributed by atoms with Gasteiger partial charge in [0.1, 0.15) is 0 Å². The van der Waals surface area contributed by atoms with Crippen LogP contribution in [0.5, 0.6) is 0 Å². The molecule has 0 atom stereocenters. The Morgan fingerprint density at radius 3 is 2.46 bits per heavy atom. The third-order valence-electron chi connectivity index (χ3n) is 1.98. The average Bonchev–Trinajstić information content (AvgIpc) is 2.30. The van der Waals surface area contributed by atoms with Crippen LogP contribution in [0.15, 0.2) is 6.07 Å². The van der Waals surface area contributed by atoms with Crippen molar-refractivity contribution < 1.29 is 0 Å². The van der Waals surface area contributed by atoms with Crippen molar-refractivity contribution in [2.45, 2.75) is 20.3 Å². The first-order valence-corrected chi connectivity index (χ1v) is 5.49. The summed E-state index contributed by atoms with van der Waals surface area (Å²) in [7, 11) is 3.99. The molecule has 0 aliphatic heterocycles. The van der Waals surface area contributed by atoms with Crippen LogP contribution >= 0.6 is 23.6 Å². The molecule has 0 aliphatic carbocycles. The molecule has 0 saturated heterocycles. The third-order valence-corrected chi connectivity index (χ3v) is 3.50. The molecule has 0 aliphatic rings. The second-order valence-corrected chi connectivity index (χ2v) is 5.34. The van der Waals surface area contributed by atoms with E-state index in [0.29, 0.717) is 0 Å². The van der Waals surface area contributed by atoms with Crippen molar-refractivity contribution in [3.8, 4) is 0 Å². The first kappa shape index (κ1) is 10.7. The summed E-state index contributed by atoms with van der Waals surface area (Å²) in [6, 6.07) is 2.23. The van der Waals surface area contributed by atoms with E-state index in [1.165, 1.54) is 15.3 Å². The van der Waals surface area contributed by atoms with E-state index in [9.17, 15) is 0 Å². The van der Waals surface area contributed by atoms with Crippen LogP contribution in [0, 0.1) is 13.8 Å². The van der Waals surface area contributed by atoms with Crippen LogP contribution < -0.4 is 0 Å². The van der Waals surface area contributed by atoms with Gasteiger partial charge in [-0.15, -0.1) is 11.3 Å². The Morgan fingerprint density at radius 2 is 2.08 bits per heavy atom. The summed E-state index contributed by atoms with van der Waals surface area (Å²) >= 11 is 7.10. The summed E-state index contributed by atoms with van der Waals surface area (Å²) in [5.41, 5.74) is 1.38. The van der Waals surface area contributed by atoms with Crippen LogP contribution in [0.4, 0.5) is 0 Å². The molecule has 0 fully saturated rings. The van der Waals surface area contributed by atoms with E-state index in [2.05, 4.69) is 19.9 Å². The summed E-state index contributed by atoms with van der Waals surface area (Å²) in [5.74, 6) is 0. The van der Waals surface area contributed by atoms with Crippen molar-refractivity contribution in [1.82, 2.24) is 4.90 Å². The molecule has 0 aromatic carbocycles. The fourth-order valence-corrected chi connectivity index (χ4v) is 2.28. The van der Waals surface area contributed by atoms with Crippen molar-refractivity contribution in [1.29, 1.82) is 0 Å². The van der Waals surface area contributed by atoms with E-state index in [1.807, 2.05) is 30.3 Å². The minimum atomic E-state index is 0.901. The van der Waals surface area contributed by atoms with Crippen LogP contribution in [0.1, 0.15) is 15.3 Å². The SMILES string of the molecule is Cc1cc(CC(=S)N(C)C)c(C)s1. The lowest BCUT2D eigenvalue weighted by Gasteiger charge is -2.12. The van der Waals surface area contributed by atoms with Gasteiger partial charge in [-0.25, -0.2) is 0 Å². The lowest BCUT2D eigenvalue weighted by Crippen LogP contribution is -2.21. The summed E-state index contributed by atoms with van der Waals surface area (Å²) < 4.78 is 0. The van der Waals surface area contributed by atoms with E-state index in [1.54, 1.807) is 0 Å². The summed E-state index contributed by atoms with van der Waals surface area (Å²) in [5, 5.41) is 0. The highest BCUT2D eigenvalue weighted by Crippen LogP contribution is 2.21. The van der Waals surface area contributed by atoms with Gasteiger partial charge in [-0.05, 0) is 25.5 Å². The maximum absolute atomic E-state index is 5.26. The molecule has 0 N–H and O–H groups in total. The minimum Gasteiger partial charge on any atom is -0.372 e. The van der Waals surface area contributed by atoms with Crippen molar-refractivity contribution >= 4 is 28.5 Å². The van der Waals surface area contributed by atoms with Gasteiger partial charge < -0.3 is 4.90 Å². The van der Waals surface area contributed by atoms with Gasteiger partial charge in [0.05, 0.1) is 4.99 Å². The fraction of sp³-hybridized carbons (Fsp3) is 0.500. The van der Waals surface area contributed by atoms with E-state index in [-0.39, 0.29) is 0 Å². The standard InChI is InChI=1S/C10H15NS2/c1-7-5-9(8(2)13-7)6-10(12)11(3)4/h5H,6H2,1-4H3. The first-order chi connectivity index (χ1) is 6.00. The smallest absolute Gasteiger partial charge is 0.0818 e. The molecule has 0 amide bonds. The maximum atomic E-state index is 5.26. The van der Waals surface area contributed by atoms with Gasteiger partial charge in [-0.2, -0.15) is 0 Å². The second kappa shape index (κ2) is 4.20. The third kappa shape index (κ3) is 2.78. The monoisotopic (exact) mass is 213 g/mol. The Hall–Kier alpha value is -0.410. The lowest BCUT2D eigenvalue weighted by molar-refractivity contribution is 0.624. The molecular weight excluding hydrogens is 198 g/mol. The quantitative estimate of drug-likeness (QED) is 0.695. The minimum absolute atomic E-state index is 0.901. The molecule has 1 aromatic heterocycles. The second-order valence-electron chi connectivity index (χ2n) is 3.40. The first-order valence-electron chi connectivity index (χ1n) is 4.26. The summed E-state index contributed by atoms with van der Waals surface area (Å²) in [4.78, 5) is 5.76. The van der Waals surface area contributed by atoms with Crippen molar-refractivity contribution in [3.05, 3.63) is 21.4 Å². The van der Waals surface area contributed by atoms with Crippen LogP contribution in [-0.2, 0) is 6.42 Å². The van der Waals surface area contributed by atoms with E-state index < -0.39 is 0 Å². The Kier molecular flexibility index (Phi) is 3.45. The number of nitrogens with zero attached hydrogens (tertiary/aromatic N) is 1. The molecular formula is C10H15NS2. The van der Waals surface area contributed by atoms with Gasteiger partial charge in [-0.3, -0.25) is 0 Å². The normalized spacial score (nSPS) is 10.2. The van der Waals surface area contributed by atoms with Crippen LogP contribution in [0.25, 0.3) is 0 Å². The van der Waals surface area contributed by atoms with Gasteiger partial charge in [-0.1, -0.05) is 12.2 Å². The molecule has 1 heterocycles. The van der Waals surface area contributed by atoms with Crippen LogP contribution in [0.3, 0.4) is 0 Å². The number of thiocarbonyl (C=S) groups is 1. The fourth-order valence-electron chi connectivity index (χ4n) is 1.18. The van der Waals surface area contributed by atoms with Gasteiger partial charge in [0.15, 0.2) is 0 Å².